The van der Waals surface area contributed by atoms with E-state index in [1.165, 1.54) is 4.90 Å². The number of allylic oxidation sites excluding steroid dienone is 2. The molecule has 2 aromatic rings. The van der Waals surface area contributed by atoms with E-state index in [0.717, 1.165) is 6.42 Å². The quantitative estimate of drug-likeness (QED) is 0.279. The summed E-state index contributed by atoms with van der Waals surface area (Å²) in [4.78, 5) is 54.6. The van der Waals surface area contributed by atoms with Gasteiger partial charge in [0, 0.05) is 18.7 Å². The number of esters is 1. The second kappa shape index (κ2) is 8.33. The minimum absolute atomic E-state index is 0.0673. The van der Waals surface area contributed by atoms with E-state index in [0.29, 0.717) is 28.4 Å². The number of imide groups is 1. The van der Waals surface area contributed by atoms with E-state index in [4.69, 9.17) is 9.47 Å². The van der Waals surface area contributed by atoms with Gasteiger partial charge in [0.2, 0.25) is 17.7 Å². The molecule has 36 heavy (non-hydrogen) atoms. The number of rotatable bonds is 5. The van der Waals surface area contributed by atoms with Gasteiger partial charge in [-0.1, -0.05) is 12.2 Å². The molecule has 2 saturated heterocycles. The van der Waals surface area contributed by atoms with Crippen LogP contribution in [0.2, 0.25) is 0 Å². The fraction of sp³-hybridized carbons (Fsp3) is 0.357. The molecule has 8 heteroatoms. The van der Waals surface area contributed by atoms with Crippen LogP contribution in [0.1, 0.15) is 18.4 Å². The summed E-state index contributed by atoms with van der Waals surface area (Å²) in [5, 5.41) is 0. The van der Waals surface area contributed by atoms with Crippen molar-refractivity contribution in [2.75, 3.05) is 23.5 Å². The summed E-state index contributed by atoms with van der Waals surface area (Å²) in [5.41, 5.74) is 1.90. The smallest absolute Gasteiger partial charge is 0.316 e. The Hall–Kier alpha value is -3.94. The molecule has 2 aliphatic carbocycles. The molecule has 2 heterocycles. The van der Waals surface area contributed by atoms with E-state index < -0.39 is 11.9 Å². The van der Waals surface area contributed by atoms with Crippen molar-refractivity contribution in [1.82, 2.24) is 0 Å². The van der Waals surface area contributed by atoms with Crippen LogP contribution in [0, 0.1) is 36.5 Å². The summed E-state index contributed by atoms with van der Waals surface area (Å²) in [7, 11) is 1.57. The topological polar surface area (TPSA) is 93.2 Å². The first-order valence-electron chi connectivity index (χ1n) is 12.2. The Kier molecular flexibility index (Phi) is 5.21. The third-order valence-corrected chi connectivity index (χ3v) is 7.94. The first-order chi connectivity index (χ1) is 17.4. The summed E-state index contributed by atoms with van der Waals surface area (Å²) >= 11 is 0. The lowest BCUT2D eigenvalue weighted by molar-refractivity contribution is -0.139. The summed E-state index contributed by atoms with van der Waals surface area (Å²) in [5.74, 6) is -0.745. The van der Waals surface area contributed by atoms with Crippen molar-refractivity contribution in [3.8, 4) is 11.5 Å². The number of carbonyl (C=O) groups is 4. The molecule has 3 fully saturated rings. The van der Waals surface area contributed by atoms with Crippen LogP contribution in [0.4, 0.5) is 11.4 Å². The first-order valence-corrected chi connectivity index (χ1v) is 12.2. The number of hydrogen-bond acceptors (Lipinski definition) is 6. The van der Waals surface area contributed by atoms with E-state index in [2.05, 4.69) is 12.2 Å². The SMILES string of the molecule is COc1ccc(N2CC(C(=O)Oc3ccc(N4C(=O)C5C6C=CC(C6)C5C4=O)c(C)c3)CC2=O)cc1. The molecule has 0 aromatic heterocycles. The van der Waals surface area contributed by atoms with Gasteiger partial charge in [-0.05, 0) is 73.2 Å². The molecule has 2 bridgehead atoms. The molecule has 4 aliphatic rings. The summed E-state index contributed by atoms with van der Waals surface area (Å²) in [6.07, 6.45) is 5.09. The van der Waals surface area contributed by atoms with Crippen LogP contribution in [0.25, 0.3) is 0 Å². The summed E-state index contributed by atoms with van der Waals surface area (Å²) in [6, 6.07) is 12.0. The van der Waals surface area contributed by atoms with Gasteiger partial charge in [-0.2, -0.15) is 0 Å². The van der Waals surface area contributed by atoms with Gasteiger partial charge in [0.25, 0.3) is 0 Å². The number of hydrogen-bond donors (Lipinski definition) is 0. The minimum Gasteiger partial charge on any atom is -0.497 e. The highest BCUT2D eigenvalue weighted by molar-refractivity contribution is 6.23. The Bertz CT molecular complexity index is 1290. The Morgan fingerprint density at radius 3 is 2.17 bits per heavy atom. The molecule has 0 N–H and O–H groups in total. The average Bonchev–Trinajstić information content (AvgIpc) is 3.64. The molecular formula is C28H26N2O6. The number of aryl methyl sites for hydroxylation is 1. The van der Waals surface area contributed by atoms with Crippen molar-refractivity contribution in [3.63, 3.8) is 0 Å². The standard InChI is InChI=1S/C28H26N2O6/c1-15-11-21(9-10-22(15)30-26(32)24-16-3-4-17(12-16)25(24)27(30)33)36-28(34)18-13-23(31)29(14-18)19-5-7-20(35-2)8-6-19/h3-11,16-18,24-25H,12-14H2,1-2H3. The Labute approximate surface area is 208 Å². The van der Waals surface area contributed by atoms with Crippen LogP contribution in [-0.4, -0.2) is 37.3 Å². The zero-order chi connectivity index (χ0) is 25.1. The Morgan fingerprint density at radius 1 is 0.917 bits per heavy atom. The van der Waals surface area contributed by atoms with E-state index in [-0.39, 0.29) is 54.4 Å². The van der Waals surface area contributed by atoms with Crippen LogP contribution in [0.5, 0.6) is 11.5 Å². The molecular weight excluding hydrogens is 460 g/mol. The van der Waals surface area contributed by atoms with Crippen LogP contribution >= 0.6 is 0 Å². The van der Waals surface area contributed by atoms with Crippen molar-refractivity contribution in [2.45, 2.75) is 19.8 Å². The molecule has 0 radical (unpaired) electrons. The van der Waals surface area contributed by atoms with Crippen molar-refractivity contribution < 1.29 is 28.7 Å². The molecule has 184 valence electrons. The van der Waals surface area contributed by atoms with Gasteiger partial charge in [-0.25, -0.2) is 4.90 Å². The maximum absolute atomic E-state index is 13.1. The number of methoxy groups -OCH3 is 1. The number of fused-ring (bicyclic) bond motifs is 5. The van der Waals surface area contributed by atoms with Crippen LogP contribution in [-0.2, 0) is 19.2 Å². The van der Waals surface area contributed by atoms with E-state index in [9.17, 15) is 19.2 Å². The first kappa shape index (κ1) is 22.5. The lowest BCUT2D eigenvalue weighted by Crippen LogP contribution is -2.33. The van der Waals surface area contributed by atoms with Crippen molar-refractivity contribution in [2.24, 2.45) is 29.6 Å². The van der Waals surface area contributed by atoms with Gasteiger partial charge in [0.05, 0.1) is 30.6 Å². The lowest BCUT2D eigenvalue weighted by atomic mass is 9.85. The van der Waals surface area contributed by atoms with Crippen molar-refractivity contribution in [3.05, 3.63) is 60.2 Å². The second-order valence-electron chi connectivity index (χ2n) is 9.98. The molecule has 0 spiro atoms. The third-order valence-electron chi connectivity index (χ3n) is 7.94. The number of amides is 3. The van der Waals surface area contributed by atoms with Gasteiger partial charge in [0.1, 0.15) is 11.5 Å². The number of benzene rings is 2. The number of anilines is 2. The Morgan fingerprint density at radius 2 is 1.56 bits per heavy atom. The van der Waals surface area contributed by atoms with Crippen LogP contribution in [0.3, 0.4) is 0 Å². The largest absolute Gasteiger partial charge is 0.497 e. The lowest BCUT2D eigenvalue weighted by Gasteiger charge is -2.20. The van der Waals surface area contributed by atoms with Gasteiger partial charge < -0.3 is 14.4 Å². The van der Waals surface area contributed by atoms with Gasteiger partial charge >= 0.3 is 5.97 Å². The number of ether oxygens (including phenoxy) is 2. The number of nitrogens with zero attached hydrogens (tertiary/aromatic N) is 2. The highest BCUT2D eigenvalue weighted by atomic mass is 16.5. The molecule has 5 atom stereocenters. The van der Waals surface area contributed by atoms with E-state index in [1.807, 2.05) is 0 Å². The molecule has 2 aliphatic heterocycles. The molecule has 2 aromatic carbocycles. The van der Waals surface area contributed by atoms with Gasteiger partial charge in [-0.15, -0.1) is 0 Å². The average molecular weight is 487 g/mol. The van der Waals surface area contributed by atoms with Crippen LogP contribution in [0.15, 0.2) is 54.6 Å². The predicted octanol–water partition coefficient (Wildman–Crippen LogP) is 3.27. The predicted molar refractivity (Wildman–Crippen MR) is 130 cm³/mol. The maximum atomic E-state index is 13.1. The zero-order valence-electron chi connectivity index (χ0n) is 20.0. The zero-order valence-corrected chi connectivity index (χ0v) is 20.0. The molecule has 8 nitrogen and oxygen atoms in total. The highest BCUT2D eigenvalue weighted by Gasteiger charge is 2.59. The molecule has 3 amide bonds. The molecule has 5 unspecified atom stereocenters. The molecule has 6 rings (SSSR count). The fourth-order valence-corrected chi connectivity index (χ4v) is 6.16. The van der Waals surface area contributed by atoms with E-state index in [1.54, 1.807) is 61.4 Å². The van der Waals surface area contributed by atoms with Crippen molar-refractivity contribution >= 4 is 35.1 Å². The second-order valence-corrected chi connectivity index (χ2v) is 9.98. The van der Waals surface area contributed by atoms with Gasteiger partial charge in [0.15, 0.2) is 0 Å². The Balaban J connectivity index is 1.14. The normalized spacial score (nSPS) is 28.3. The number of carbonyl (C=O) groups excluding carboxylic acids is 4. The monoisotopic (exact) mass is 486 g/mol. The van der Waals surface area contributed by atoms with Gasteiger partial charge in [-0.3, -0.25) is 19.2 Å². The third kappa shape index (κ3) is 3.43. The summed E-state index contributed by atoms with van der Waals surface area (Å²) < 4.78 is 10.8. The van der Waals surface area contributed by atoms with E-state index >= 15 is 0 Å². The minimum atomic E-state index is -0.594. The highest BCUT2D eigenvalue weighted by Crippen LogP contribution is 2.53. The van der Waals surface area contributed by atoms with Crippen LogP contribution < -0.4 is 19.3 Å². The fourth-order valence-electron chi connectivity index (χ4n) is 6.16. The summed E-state index contributed by atoms with van der Waals surface area (Å²) in [6.45, 7) is 2.02. The molecule has 1 saturated carbocycles. The maximum Gasteiger partial charge on any atom is 0.316 e. The van der Waals surface area contributed by atoms with Crippen molar-refractivity contribution in [1.29, 1.82) is 0 Å².